The Bertz CT molecular complexity index is 829. The van der Waals surface area contributed by atoms with Crippen LogP contribution in [0.3, 0.4) is 0 Å². The molecule has 1 amide bonds. The average molecular weight is 365 g/mol. The largest absolute Gasteiger partial charge is 0.448 e. The molecule has 5 rings (SSSR count). The zero-order chi connectivity index (χ0) is 18.4. The normalized spacial score (nSPS) is 22.9. The average Bonchev–Trinajstić information content (AvgIpc) is 2.99. The molecule has 1 N–H and O–H groups in total. The number of benzene rings is 2. The number of carbonyl (C=O) groups excluding carboxylic acids is 1. The van der Waals surface area contributed by atoms with E-state index in [1.54, 1.807) is 4.90 Å². The lowest BCUT2D eigenvalue weighted by molar-refractivity contribution is -0.212. The lowest BCUT2D eigenvalue weighted by Gasteiger charge is -2.53. The summed E-state index contributed by atoms with van der Waals surface area (Å²) in [6.07, 6.45) is 0.777. The molecule has 1 unspecified atom stereocenters. The Labute approximate surface area is 158 Å². The fraction of sp³-hybridized carbons (Fsp3) is 0.409. The van der Waals surface area contributed by atoms with Gasteiger partial charge < -0.3 is 19.5 Å². The second kappa shape index (κ2) is 6.36. The maximum absolute atomic E-state index is 12.5. The molecule has 2 saturated heterocycles. The summed E-state index contributed by atoms with van der Waals surface area (Å²) in [4.78, 5) is 14.1. The van der Waals surface area contributed by atoms with Crippen LogP contribution >= 0.6 is 0 Å². The van der Waals surface area contributed by atoms with Crippen molar-refractivity contribution in [1.82, 2.24) is 4.90 Å². The Morgan fingerprint density at radius 1 is 1.11 bits per heavy atom. The van der Waals surface area contributed by atoms with Crippen LogP contribution in [0.2, 0.25) is 0 Å². The fourth-order valence-electron chi connectivity index (χ4n) is 4.63. The van der Waals surface area contributed by atoms with E-state index in [1.165, 1.54) is 22.3 Å². The number of nitrogens with zero attached hydrogens (tertiary/aromatic N) is 1. The second-order valence-electron chi connectivity index (χ2n) is 7.73. The van der Waals surface area contributed by atoms with Crippen molar-refractivity contribution in [3.63, 3.8) is 0 Å². The molecule has 5 nitrogen and oxygen atoms in total. The van der Waals surface area contributed by atoms with Gasteiger partial charge in [0.1, 0.15) is 12.2 Å². The molecule has 2 fully saturated rings. The number of likely N-dealkylation sites (tertiary alicyclic amines) is 1. The van der Waals surface area contributed by atoms with Gasteiger partial charge in [0.05, 0.1) is 19.2 Å². The number of hydrogen-bond donors (Lipinski definition) is 1. The van der Waals surface area contributed by atoms with E-state index in [0.717, 1.165) is 12.8 Å². The summed E-state index contributed by atoms with van der Waals surface area (Å²) in [7, 11) is 0. The number of aliphatic hydroxyl groups is 1. The van der Waals surface area contributed by atoms with E-state index >= 15 is 0 Å². The van der Waals surface area contributed by atoms with Gasteiger partial charge in [-0.15, -0.1) is 0 Å². The van der Waals surface area contributed by atoms with Gasteiger partial charge in [0, 0.05) is 12.5 Å². The van der Waals surface area contributed by atoms with E-state index < -0.39 is 11.7 Å². The van der Waals surface area contributed by atoms with Gasteiger partial charge in [-0.25, -0.2) is 4.79 Å². The molecule has 2 heterocycles. The highest BCUT2D eigenvalue weighted by molar-refractivity contribution is 5.79. The molecule has 2 aromatic carbocycles. The van der Waals surface area contributed by atoms with Crippen molar-refractivity contribution >= 4 is 6.09 Å². The number of fused-ring (bicyclic) bond motifs is 3. The highest BCUT2D eigenvalue weighted by Crippen LogP contribution is 2.44. The molecule has 1 aliphatic carbocycles. The zero-order valence-electron chi connectivity index (χ0n) is 15.1. The maximum Gasteiger partial charge on any atom is 0.409 e. The lowest BCUT2D eigenvalue weighted by Crippen LogP contribution is -2.71. The maximum atomic E-state index is 12.5. The van der Waals surface area contributed by atoms with E-state index in [4.69, 9.17) is 9.47 Å². The summed E-state index contributed by atoms with van der Waals surface area (Å²) >= 11 is 0. The van der Waals surface area contributed by atoms with Crippen molar-refractivity contribution in [2.75, 3.05) is 26.3 Å². The van der Waals surface area contributed by atoms with Crippen LogP contribution < -0.4 is 0 Å². The van der Waals surface area contributed by atoms with Crippen molar-refractivity contribution in [3.8, 4) is 11.1 Å². The van der Waals surface area contributed by atoms with Crippen LogP contribution in [0.4, 0.5) is 4.79 Å². The van der Waals surface area contributed by atoms with Crippen LogP contribution in [0.1, 0.15) is 29.9 Å². The first kappa shape index (κ1) is 16.8. The van der Waals surface area contributed by atoms with Gasteiger partial charge >= 0.3 is 6.09 Å². The summed E-state index contributed by atoms with van der Waals surface area (Å²) in [5.41, 5.74) is 4.27. The van der Waals surface area contributed by atoms with E-state index in [9.17, 15) is 9.90 Å². The van der Waals surface area contributed by atoms with E-state index in [0.29, 0.717) is 26.3 Å². The third-order valence-corrected chi connectivity index (χ3v) is 6.13. The van der Waals surface area contributed by atoms with Crippen LogP contribution in [0.5, 0.6) is 0 Å². The molecule has 1 atom stereocenters. The molecule has 0 saturated carbocycles. The number of ether oxygens (including phenoxy) is 2. The van der Waals surface area contributed by atoms with E-state index in [2.05, 4.69) is 24.3 Å². The Balaban J connectivity index is 1.27. The quantitative estimate of drug-likeness (QED) is 0.888. The van der Waals surface area contributed by atoms with Gasteiger partial charge in [0.2, 0.25) is 0 Å². The van der Waals surface area contributed by atoms with Crippen LogP contribution in [0.25, 0.3) is 11.1 Å². The minimum atomic E-state index is -0.580. The molecule has 0 bridgehead atoms. The third kappa shape index (κ3) is 2.65. The molecule has 140 valence electrons. The summed E-state index contributed by atoms with van der Waals surface area (Å²) < 4.78 is 11.4. The van der Waals surface area contributed by atoms with Crippen molar-refractivity contribution < 1.29 is 19.4 Å². The molecule has 3 aliphatic rings. The zero-order valence-corrected chi connectivity index (χ0v) is 15.1. The molecule has 0 radical (unpaired) electrons. The Hall–Kier alpha value is -2.37. The van der Waals surface area contributed by atoms with Gasteiger partial charge in [-0.05, 0) is 35.1 Å². The third-order valence-electron chi connectivity index (χ3n) is 6.13. The van der Waals surface area contributed by atoms with Crippen LogP contribution in [0.15, 0.2) is 48.5 Å². The van der Waals surface area contributed by atoms with Crippen molar-refractivity contribution in [3.05, 3.63) is 59.7 Å². The molecule has 5 heteroatoms. The molecular formula is C22H23NO4. The molecule has 2 aromatic rings. The Kier molecular flexibility index (Phi) is 3.95. The monoisotopic (exact) mass is 365 g/mol. The van der Waals surface area contributed by atoms with Crippen molar-refractivity contribution in [2.24, 2.45) is 0 Å². The topological polar surface area (TPSA) is 59.0 Å². The number of rotatable bonds is 2. The molecule has 1 spiro atoms. The Morgan fingerprint density at radius 2 is 1.74 bits per heavy atom. The summed E-state index contributed by atoms with van der Waals surface area (Å²) in [6.45, 7) is 1.78. The first-order valence-electron chi connectivity index (χ1n) is 9.60. The van der Waals surface area contributed by atoms with Gasteiger partial charge in [0.15, 0.2) is 0 Å². The predicted octanol–water partition coefficient (Wildman–Crippen LogP) is 3.16. The Morgan fingerprint density at radius 3 is 2.37 bits per heavy atom. The smallest absolute Gasteiger partial charge is 0.409 e. The SMILES string of the molecule is O=C(OCC1c2ccccc2-c2ccccc21)N1CC2(C1)OCCCC2O. The lowest BCUT2D eigenvalue weighted by atomic mass is 9.84. The standard InChI is InChI=1S/C22H23NO4/c24-20-10-5-11-27-22(20)13-23(14-22)21(25)26-12-19-17-8-3-1-6-15(17)16-7-2-4-9-18(16)19/h1-4,6-9,19-20,24H,5,10-14H2. The predicted molar refractivity (Wildman–Crippen MR) is 101 cm³/mol. The number of aliphatic hydroxyl groups excluding tert-OH is 1. The summed E-state index contributed by atoms with van der Waals surface area (Å²) in [6, 6.07) is 16.6. The molecule has 27 heavy (non-hydrogen) atoms. The van der Waals surface area contributed by atoms with Gasteiger partial charge in [-0.1, -0.05) is 48.5 Å². The molecular weight excluding hydrogens is 342 g/mol. The summed E-state index contributed by atoms with van der Waals surface area (Å²) in [5, 5.41) is 10.2. The van der Waals surface area contributed by atoms with Crippen LogP contribution in [-0.4, -0.2) is 54.1 Å². The second-order valence-corrected chi connectivity index (χ2v) is 7.73. The van der Waals surface area contributed by atoms with Gasteiger partial charge in [-0.3, -0.25) is 0 Å². The highest BCUT2D eigenvalue weighted by atomic mass is 16.6. The minimum absolute atomic E-state index is 0.0631. The van der Waals surface area contributed by atoms with Crippen LogP contribution in [0, 0.1) is 0 Å². The molecule has 2 aliphatic heterocycles. The summed E-state index contributed by atoms with van der Waals surface area (Å²) in [5.74, 6) is 0.0631. The van der Waals surface area contributed by atoms with E-state index in [-0.39, 0.29) is 12.0 Å². The molecule has 0 aromatic heterocycles. The minimum Gasteiger partial charge on any atom is -0.448 e. The number of amides is 1. The van der Waals surface area contributed by atoms with Gasteiger partial charge in [-0.2, -0.15) is 0 Å². The van der Waals surface area contributed by atoms with Crippen molar-refractivity contribution in [1.29, 1.82) is 0 Å². The highest BCUT2D eigenvalue weighted by Gasteiger charge is 2.53. The number of hydrogen-bond acceptors (Lipinski definition) is 4. The van der Waals surface area contributed by atoms with E-state index in [1.807, 2.05) is 24.3 Å². The fourth-order valence-corrected chi connectivity index (χ4v) is 4.63. The number of carbonyl (C=O) groups is 1. The van der Waals surface area contributed by atoms with Gasteiger partial charge in [0.25, 0.3) is 0 Å². The first-order chi connectivity index (χ1) is 13.2. The van der Waals surface area contributed by atoms with Crippen LogP contribution in [-0.2, 0) is 9.47 Å². The van der Waals surface area contributed by atoms with Crippen molar-refractivity contribution in [2.45, 2.75) is 30.5 Å². The first-order valence-corrected chi connectivity index (χ1v) is 9.60.